The molecule has 0 aliphatic carbocycles. The van der Waals surface area contributed by atoms with E-state index in [4.69, 9.17) is 4.74 Å². The lowest BCUT2D eigenvalue weighted by molar-refractivity contribution is 0.0526. The van der Waals surface area contributed by atoms with Gasteiger partial charge in [-0.15, -0.1) is 0 Å². The van der Waals surface area contributed by atoms with Crippen LogP contribution in [-0.2, 0) is 4.74 Å². The zero-order valence-electron chi connectivity index (χ0n) is 17.5. The van der Waals surface area contributed by atoms with Crippen molar-refractivity contribution < 1.29 is 9.53 Å². The Morgan fingerprint density at radius 2 is 1.52 bits per heavy atom. The van der Waals surface area contributed by atoms with E-state index in [1.165, 1.54) is 0 Å². The molecule has 0 saturated heterocycles. The number of imidazole rings is 1. The molecule has 2 heterocycles. The molecule has 0 aliphatic heterocycles. The molecule has 4 heteroatoms. The molecule has 0 bridgehead atoms. The summed E-state index contributed by atoms with van der Waals surface area (Å²) in [5.74, 6) is 0.591. The van der Waals surface area contributed by atoms with Crippen LogP contribution in [0.15, 0.2) is 85.1 Å². The van der Waals surface area contributed by atoms with Gasteiger partial charge in [-0.3, -0.25) is 4.40 Å². The number of hydrogen-bond acceptors (Lipinski definition) is 3. The van der Waals surface area contributed by atoms with Gasteiger partial charge in [0.25, 0.3) is 0 Å². The molecule has 3 aromatic carbocycles. The number of aryl methyl sites for hydroxylation is 1. The monoisotopic (exact) mass is 406 g/mol. The molecular weight excluding hydrogens is 384 g/mol. The first-order valence-corrected chi connectivity index (χ1v) is 10.4. The van der Waals surface area contributed by atoms with Gasteiger partial charge in [0, 0.05) is 16.5 Å². The third-order valence-corrected chi connectivity index (χ3v) is 5.59. The lowest BCUT2D eigenvalue weighted by Gasteiger charge is -2.18. The van der Waals surface area contributed by atoms with E-state index in [0.717, 1.165) is 44.5 Å². The molecule has 5 rings (SSSR count). The summed E-state index contributed by atoms with van der Waals surface area (Å²) in [5.41, 5.74) is 6.97. The summed E-state index contributed by atoms with van der Waals surface area (Å²) < 4.78 is 7.44. The van der Waals surface area contributed by atoms with Gasteiger partial charge in [0.15, 0.2) is 0 Å². The van der Waals surface area contributed by atoms with E-state index < -0.39 is 0 Å². The number of rotatable bonds is 4. The van der Waals surface area contributed by atoms with Crippen molar-refractivity contribution in [3.8, 4) is 22.3 Å². The average molecular weight is 406 g/mol. The van der Waals surface area contributed by atoms with Crippen LogP contribution in [0.3, 0.4) is 0 Å². The SMILES string of the molecule is CCOC(=O)c1ccc2c(c1)c(-c1ccccc1)c(-c1ccccc1)c1cnc(C)n12. The van der Waals surface area contributed by atoms with Gasteiger partial charge in [-0.2, -0.15) is 0 Å². The van der Waals surface area contributed by atoms with Crippen molar-refractivity contribution >= 4 is 22.4 Å². The number of carbonyl (C=O) groups excluding carboxylic acids is 1. The highest BCUT2D eigenvalue weighted by Gasteiger charge is 2.20. The Bertz CT molecular complexity index is 1400. The average Bonchev–Trinajstić information content (AvgIpc) is 3.20. The molecule has 0 amide bonds. The minimum Gasteiger partial charge on any atom is -0.462 e. The lowest BCUT2D eigenvalue weighted by atomic mass is 9.90. The van der Waals surface area contributed by atoms with Gasteiger partial charge in [-0.1, -0.05) is 60.7 Å². The molecule has 4 nitrogen and oxygen atoms in total. The van der Waals surface area contributed by atoms with Crippen LogP contribution >= 0.6 is 0 Å². The van der Waals surface area contributed by atoms with Crippen LogP contribution in [0.25, 0.3) is 38.7 Å². The molecule has 0 N–H and O–H groups in total. The van der Waals surface area contributed by atoms with Crippen molar-refractivity contribution in [1.29, 1.82) is 0 Å². The van der Waals surface area contributed by atoms with Crippen molar-refractivity contribution in [1.82, 2.24) is 9.38 Å². The van der Waals surface area contributed by atoms with Crippen LogP contribution in [-0.4, -0.2) is 22.0 Å². The fourth-order valence-electron chi connectivity index (χ4n) is 4.26. The Hall–Kier alpha value is -3.92. The Labute approximate surface area is 180 Å². The van der Waals surface area contributed by atoms with E-state index in [1.54, 1.807) is 0 Å². The second kappa shape index (κ2) is 7.73. The summed E-state index contributed by atoms with van der Waals surface area (Å²) in [4.78, 5) is 17.2. The first kappa shape index (κ1) is 19.1. The highest BCUT2D eigenvalue weighted by Crippen LogP contribution is 2.41. The molecule has 0 fully saturated rings. The summed E-state index contributed by atoms with van der Waals surface area (Å²) in [7, 11) is 0. The standard InChI is InChI=1S/C27H22N2O2/c1-3-31-27(30)21-14-15-23-22(16-21)25(19-10-6-4-7-11-19)26(20-12-8-5-9-13-20)24-17-28-18(2)29(23)24/h4-17H,3H2,1-2H3. The highest BCUT2D eigenvalue weighted by molar-refractivity contribution is 6.10. The van der Waals surface area contributed by atoms with Crippen molar-refractivity contribution in [3.05, 3.63) is 96.4 Å². The molecule has 0 unspecified atom stereocenters. The fraction of sp³-hybridized carbons (Fsp3) is 0.111. The summed E-state index contributed by atoms with van der Waals surface area (Å²) in [6.07, 6.45) is 1.93. The van der Waals surface area contributed by atoms with E-state index in [9.17, 15) is 4.79 Å². The van der Waals surface area contributed by atoms with Crippen molar-refractivity contribution in [2.75, 3.05) is 6.61 Å². The largest absolute Gasteiger partial charge is 0.462 e. The Morgan fingerprint density at radius 3 is 2.16 bits per heavy atom. The molecule has 5 aromatic rings. The summed E-state index contributed by atoms with van der Waals surface area (Å²) in [6.45, 7) is 4.17. The number of fused-ring (bicyclic) bond motifs is 3. The van der Waals surface area contributed by atoms with Gasteiger partial charge in [-0.05, 0) is 43.2 Å². The smallest absolute Gasteiger partial charge is 0.338 e. The predicted molar refractivity (Wildman–Crippen MR) is 124 cm³/mol. The molecule has 0 saturated carbocycles. The number of pyridine rings is 1. The van der Waals surface area contributed by atoms with Crippen LogP contribution in [0.1, 0.15) is 23.1 Å². The molecule has 152 valence electrons. The third-order valence-electron chi connectivity index (χ3n) is 5.59. The van der Waals surface area contributed by atoms with E-state index in [0.29, 0.717) is 12.2 Å². The Balaban J connectivity index is 1.98. The molecule has 0 radical (unpaired) electrons. The second-order valence-electron chi connectivity index (χ2n) is 7.46. The highest BCUT2D eigenvalue weighted by atomic mass is 16.5. The number of ether oxygens (including phenoxy) is 1. The Kier molecular flexibility index (Phi) is 4.75. The zero-order chi connectivity index (χ0) is 21.4. The number of benzene rings is 3. The second-order valence-corrected chi connectivity index (χ2v) is 7.46. The first-order valence-electron chi connectivity index (χ1n) is 10.4. The van der Waals surface area contributed by atoms with Crippen molar-refractivity contribution in [2.45, 2.75) is 13.8 Å². The van der Waals surface area contributed by atoms with E-state index >= 15 is 0 Å². The number of hydrogen-bond donors (Lipinski definition) is 0. The number of nitrogens with zero attached hydrogens (tertiary/aromatic N) is 2. The minimum absolute atomic E-state index is 0.313. The normalized spacial score (nSPS) is 11.2. The Morgan fingerprint density at radius 1 is 0.871 bits per heavy atom. The molecule has 0 spiro atoms. The zero-order valence-corrected chi connectivity index (χ0v) is 17.5. The molecule has 0 aliphatic rings. The third kappa shape index (κ3) is 3.17. The van der Waals surface area contributed by atoms with Gasteiger partial charge in [0.2, 0.25) is 0 Å². The summed E-state index contributed by atoms with van der Waals surface area (Å²) in [5, 5.41) is 0.990. The molecule has 31 heavy (non-hydrogen) atoms. The summed E-state index contributed by atoms with van der Waals surface area (Å²) in [6, 6.07) is 26.4. The van der Waals surface area contributed by atoms with Crippen LogP contribution in [0.2, 0.25) is 0 Å². The number of carbonyl (C=O) groups is 1. The maximum absolute atomic E-state index is 12.5. The van der Waals surface area contributed by atoms with Crippen molar-refractivity contribution in [2.24, 2.45) is 0 Å². The van der Waals surface area contributed by atoms with Crippen molar-refractivity contribution in [3.63, 3.8) is 0 Å². The van der Waals surface area contributed by atoms with Gasteiger partial charge in [0.05, 0.1) is 29.4 Å². The topological polar surface area (TPSA) is 43.6 Å². The van der Waals surface area contributed by atoms with Gasteiger partial charge >= 0.3 is 5.97 Å². The molecular formula is C27H22N2O2. The van der Waals surface area contributed by atoms with Crippen LogP contribution < -0.4 is 0 Å². The lowest BCUT2D eigenvalue weighted by Crippen LogP contribution is -2.05. The number of aromatic nitrogens is 2. The fourth-order valence-corrected chi connectivity index (χ4v) is 4.26. The first-order chi connectivity index (χ1) is 15.2. The quantitative estimate of drug-likeness (QED) is 0.329. The molecule has 0 atom stereocenters. The molecule has 2 aromatic heterocycles. The van der Waals surface area contributed by atoms with Crippen LogP contribution in [0.4, 0.5) is 0 Å². The van der Waals surface area contributed by atoms with E-state index in [2.05, 4.69) is 33.7 Å². The van der Waals surface area contributed by atoms with Gasteiger partial charge < -0.3 is 4.74 Å². The van der Waals surface area contributed by atoms with Crippen LogP contribution in [0, 0.1) is 6.92 Å². The maximum Gasteiger partial charge on any atom is 0.338 e. The number of esters is 1. The predicted octanol–water partition coefficient (Wildman–Crippen LogP) is 6.31. The van der Waals surface area contributed by atoms with Crippen LogP contribution in [0.5, 0.6) is 0 Å². The van der Waals surface area contributed by atoms with Gasteiger partial charge in [-0.25, -0.2) is 9.78 Å². The summed E-state index contributed by atoms with van der Waals surface area (Å²) >= 11 is 0. The maximum atomic E-state index is 12.5. The van der Waals surface area contributed by atoms with E-state index in [-0.39, 0.29) is 5.97 Å². The van der Waals surface area contributed by atoms with Gasteiger partial charge in [0.1, 0.15) is 5.82 Å². The van der Waals surface area contributed by atoms with E-state index in [1.807, 2.05) is 74.6 Å². The minimum atomic E-state index is -0.313.